The van der Waals surface area contributed by atoms with Crippen LogP contribution in [0.15, 0.2) is 24.3 Å². The smallest absolute Gasteiger partial charge is 0.0995 e. The van der Waals surface area contributed by atoms with E-state index in [1.54, 1.807) is 0 Å². The first-order valence-corrected chi connectivity index (χ1v) is 6.30. The molecule has 1 aliphatic rings. The van der Waals surface area contributed by atoms with Gasteiger partial charge >= 0.3 is 0 Å². The lowest BCUT2D eigenvalue weighted by molar-refractivity contribution is 0.169. The second kappa shape index (κ2) is 5.81. The topological polar surface area (TPSA) is 39.1 Å². The van der Waals surface area contributed by atoms with E-state index in [1.165, 1.54) is 5.56 Å². The van der Waals surface area contributed by atoms with Crippen LogP contribution < -0.4 is 5.32 Å². The summed E-state index contributed by atoms with van der Waals surface area (Å²) in [6, 6.07) is 10.7. The highest BCUT2D eigenvalue weighted by atomic mass is 15.2. The van der Waals surface area contributed by atoms with Crippen LogP contribution in [0.5, 0.6) is 0 Å². The minimum absolute atomic E-state index is 0.382. The Hall–Kier alpha value is -1.37. The predicted octanol–water partition coefficient (Wildman–Crippen LogP) is 1.91. The summed E-state index contributed by atoms with van der Waals surface area (Å²) in [6.45, 7) is 6.42. The van der Waals surface area contributed by atoms with Gasteiger partial charge < -0.3 is 5.32 Å². The third-order valence-corrected chi connectivity index (χ3v) is 3.42. The standard InChI is InChI=1S/C14H19N3/c1-2-14(17-9-7-16-8-10-17)13-6-4-3-5-12(13)11-15/h3-6,14,16H,2,7-10H2,1H3/t14-/m1/s1. The van der Waals surface area contributed by atoms with Gasteiger partial charge in [-0.15, -0.1) is 0 Å². The zero-order valence-corrected chi connectivity index (χ0v) is 10.3. The molecule has 1 saturated heterocycles. The molecule has 1 aromatic carbocycles. The fourth-order valence-electron chi connectivity index (χ4n) is 2.56. The molecule has 3 nitrogen and oxygen atoms in total. The molecule has 17 heavy (non-hydrogen) atoms. The molecule has 1 aliphatic heterocycles. The largest absolute Gasteiger partial charge is 0.314 e. The Morgan fingerprint density at radius 1 is 1.35 bits per heavy atom. The van der Waals surface area contributed by atoms with E-state index in [0.29, 0.717) is 6.04 Å². The first-order chi connectivity index (χ1) is 8.36. The van der Waals surface area contributed by atoms with Crippen LogP contribution in [0.1, 0.15) is 30.5 Å². The summed E-state index contributed by atoms with van der Waals surface area (Å²) >= 11 is 0. The first-order valence-electron chi connectivity index (χ1n) is 6.30. The van der Waals surface area contributed by atoms with Crippen molar-refractivity contribution in [1.82, 2.24) is 10.2 Å². The molecule has 0 radical (unpaired) electrons. The molecule has 0 aliphatic carbocycles. The van der Waals surface area contributed by atoms with Crippen molar-refractivity contribution in [3.05, 3.63) is 35.4 Å². The number of hydrogen-bond donors (Lipinski definition) is 1. The molecule has 0 bridgehead atoms. The lowest BCUT2D eigenvalue weighted by Crippen LogP contribution is -2.45. The van der Waals surface area contributed by atoms with Gasteiger partial charge in [0.1, 0.15) is 0 Å². The van der Waals surface area contributed by atoms with Crippen LogP contribution in [0.4, 0.5) is 0 Å². The molecule has 0 spiro atoms. The summed E-state index contributed by atoms with van der Waals surface area (Å²) in [5, 5.41) is 12.5. The summed E-state index contributed by atoms with van der Waals surface area (Å²) in [7, 11) is 0. The molecule has 90 valence electrons. The monoisotopic (exact) mass is 229 g/mol. The Morgan fingerprint density at radius 2 is 2.06 bits per heavy atom. The summed E-state index contributed by atoms with van der Waals surface area (Å²) in [5.74, 6) is 0. The van der Waals surface area contributed by atoms with Crippen LogP contribution in [0.2, 0.25) is 0 Å². The minimum Gasteiger partial charge on any atom is -0.314 e. The van der Waals surface area contributed by atoms with Gasteiger partial charge in [-0.2, -0.15) is 5.26 Å². The van der Waals surface area contributed by atoms with Gasteiger partial charge in [-0.05, 0) is 18.1 Å². The van der Waals surface area contributed by atoms with Crippen molar-refractivity contribution in [3.63, 3.8) is 0 Å². The van der Waals surface area contributed by atoms with E-state index < -0.39 is 0 Å². The van der Waals surface area contributed by atoms with Crippen LogP contribution in [0, 0.1) is 11.3 Å². The molecule has 1 heterocycles. The maximum absolute atomic E-state index is 9.18. The Balaban J connectivity index is 2.25. The molecule has 0 unspecified atom stereocenters. The van der Waals surface area contributed by atoms with Crippen LogP contribution in [-0.4, -0.2) is 31.1 Å². The van der Waals surface area contributed by atoms with Crippen molar-refractivity contribution < 1.29 is 0 Å². The van der Waals surface area contributed by atoms with Crippen molar-refractivity contribution >= 4 is 0 Å². The zero-order valence-electron chi connectivity index (χ0n) is 10.3. The predicted molar refractivity (Wildman–Crippen MR) is 68.6 cm³/mol. The van der Waals surface area contributed by atoms with Crippen LogP contribution in [0.25, 0.3) is 0 Å². The van der Waals surface area contributed by atoms with Gasteiger partial charge in [0.2, 0.25) is 0 Å². The highest BCUT2D eigenvalue weighted by Gasteiger charge is 2.22. The Kier molecular flexibility index (Phi) is 4.13. The SMILES string of the molecule is CC[C@H](c1ccccc1C#N)N1CCNCC1. The quantitative estimate of drug-likeness (QED) is 0.860. The third kappa shape index (κ3) is 2.66. The summed E-state index contributed by atoms with van der Waals surface area (Å²) in [4.78, 5) is 2.48. The van der Waals surface area contributed by atoms with Gasteiger partial charge in [0.25, 0.3) is 0 Å². The van der Waals surface area contributed by atoms with Gasteiger partial charge in [0.15, 0.2) is 0 Å². The maximum Gasteiger partial charge on any atom is 0.0995 e. The third-order valence-electron chi connectivity index (χ3n) is 3.42. The number of nitriles is 1. The van der Waals surface area contributed by atoms with E-state index in [4.69, 9.17) is 0 Å². The minimum atomic E-state index is 0.382. The van der Waals surface area contributed by atoms with Gasteiger partial charge in [-0.25, -0.2) is 0 Å². The molecule has 1 fully saturated rings. The first kappa shape index (κ1) is 12.1. The molecule has 0 saturated carbocycles. The van der Waals surface area contributed by atoms with Crippen molar-refractivity contribution in [2.24, 2.45) is 0 Å². The molecule has 1 atom stereocenters. The van der Waals surface area contributed by atoms with E-state index in [9.17, 15) is 5.26 Å². The summed E-state index contributed by atoms with van der Waals surface area (Å²) in [5.41, 5.74) is 2.00. The zero-order chi connectivity index (χ0) is 12.1. The van der Waals surface area contributed by atoms with E-state index in [0.717, 1.165) is 38.2 Å². The van der Waals surface area contributed by atoms with Crippen molar-refractivity contribution in [3.8, 4) is 6.07 Å². The van der Waals surface area contributed by atoms with E-state index in [2.05, 4.69) is 29.3 Å². The summed E-state index contributed by atoms with van der Waals surface area (Å²) < 4.78 is 0. The highest BCUT2D eigenvalue weighted by molar-refractivity contribution is 5.39. The number of rotatable bonds is 3. The van der Waals surface area contributed by atoms with Crippen molar-refractivity contribution in [1.29, 1.82) is 5.26 Å². The fourth-order valence-corrected chi connectivity index (χ4v) is 2.56. The second-order valence-corrected chi connectivity index (χ2v) is 4.41. The van der Waals surface area contributed by atoms with Crippen LogP contribution in [0.3, 0.4) is 0 Å². The van der Waals surface area contributed by atoms with Crippen LogP contribution in [-0.2, 0) is 0 Å². The lowest BCUT2D eigenvalue weighted by Gasteiger charge is -2.35. The Bertz CT molecular complexity index is 402. The maximum atomic E-state index is 9.18. The number of nitrogens with one attached hydrogen (secondary N) is 1. The van der Waals surface area contributed by atoms with Gasteiger partial charge in [-0.3, -0.25) is 4.90 Å². The molecule has 3 heteroatoms. The Labute approximate surface area is 103 Å². The molecule has 2 rings (SSSR count). The van der Waals surface area contributed by atoms with Crippen molar-refractivity contribution in [2.45, 2.75) is 19.4 Å². The molecule has 1 aromatic rings. The molecular weight excluding hydrogens is 210 g/mol. The van der Waals surface area contributed by atoms with E-state index in [-0.39, 0.29) is 0 Å². The van der Waals surface area contributed by atoms with Crippen molar-refractivity contribution in [2.75, 3.05) is 26.2 Å². The number of benzene rings is 1. The molecular formula is C14H19N3. The average molecular weight is 229 g/mol. The number of nitrogens with zero attached hydrogens (tertiary/aromatic N) is 2. The average Bonchev–Trinajstić information content (AvgIpc) is 2.41. The highest BCUT2D eigenvalue weighted by Crippen LogP contribution is 2.26. The molecule has 1 N–H and O–H groups in total. The van der Waals surface area contributed by atoms with E-state index in [1.807, 2.05) is 18.2 Å². The number of piperazine rings is 1. The van der Waals surface area contributed by atoms with Crippen LogP contribution >= 0.6 is 0 Å². The second-order valence-electron chi connectivity index (χ2n) is 4.41. The fraction of sp³-hybridized carbons (Fsp3) is 0.500. The van der Waals surface area contributed by atoms with Gasteiger partial charge in [0.05, 0.1) is 11.6 Å². The summed E-state index contributed by atoms with van der Waals surface area (Å²) in [6.07, 6.45) is 1.05. The van der Waals surface area contributed by atoms with Gasteiger partial charge in [0, 0.05) is 32.2 Å². The molecule has 0 aromatic heterocycles. The van der Waals surface area contributed by atoms with Gasteiger partial charge in [-0.1, -0.05) is 25.1 Å². The number of hydrogen-bond acceptors (Lipinski definition) is 3. The lowest BCUT2D eigenvalue weighted by atomic mass is 9.97. The normalized spacial score (nSPS) is 18.6. The van der Waals surface area contributed by atoms with E-state index >= 15 is 0 Å². The molecule has 0 amide bonds. The Morgan fingerprint density at radius 3 is 2.71 bits per heavy atom.